The van der Waals surface area contributed by atoms with Crippen molar-refractivity contribution in [2.75, 3.05) is 13.1 Å². The molecule has 2 rings (SSSR count). The molecule has 7 heteroatoms. The Bertz CT molecular complexity index is 738. The molecular formula is C18H19Cl2N3O2. The van der Waals surface area contributed by atoms with Gasteiger partial charge in [0.2, 0.25) is 11.8 Å². The second-order valence-corrected chi connectivity index (χ2v) is 6.37. The van der Waals surface area contributed by atoms with Gasteiger partial charge in [0, 0.05) is 29.7 Å². The summed E-state index contributed by atoms with van der Waals surface area (Å²) in [7, 11) is 0. The molecule has 0 aliphatic heterocycles. The first-order chi connectivity index (χ1) is 12.0. The lowest BCUT2D eigenvalue weighted by Crippen LogP contribution is -2.40. The summed E-state index contributed by atoms with van der Waals surface area (Å²) in [4.78, 5) is 29.5. The van der Waals surface area contributed by atoms with E-state index in [1.54, 1.807) is 18.3 Å². The van der Waals surface area contributed by atoms with Crippen molar-refractivity contribution in [1.82, 2.24) is 15.2 Å². The highest BCUT2D eigenvalue weighted by Gasteiger charge is 2.14. The number of pyridine rings is 1. The largest absolute Gasteiger partial charge is 0.349 e. The van der Waals surface area contributed by atoms with E-state index in [1.807, 2.05) is 24.3 Å². The summed E-state index contributed by atoms with van der Waals surface area (Å²) in [5, 5.41) is 3.88. The van der Waals surface area contributed by atoms with Crippen LogP contribution in [0.25, 0.3) is 0 Å². The third-order valence-electron chi connectivity index (χ3n) is 3.64. The van der Waals surface area contributed by atoms with E-state index >= 15 is 0 Å². The van der Waals surface area contributed by atoms with Crippen LogP contribution in [0.2, 0.25) is 10.0 Å². The molecular weight excluding hydrogens is 361 g/mol. The lowest BCUT2D eigenvalue weighted by atomic mass is 10.1. The van der Waals surface area contributed by atoms with E-state index < -0.39 is 0 Å². The number of halogens is 2. The fourth-order valence-electron chi connectivity index (χ4n) is 2.25. The summed E-state index contributed by atoms with van der Waals surface area (Å²) in [6, 6.07) is 10.7. The number of amides is 2. The van der Waals surface area contributed by atoms with Crippen molar-refractivity contribution in [2.45, 2.75) is 19.9 Å². The topological polar surface area (TPSA) is 62.3 Å². The molecule has 0 saturated carbocycles. The highest BCUT2D eigenvalue weighted by Crippen LogP contribution is 2.21. The molecule has 25 heavy (non-hydrogen) atoms. The molecule has 0 spiro atoms. The minimum absolute atomic E-state index is 0.00657. The van der Waals surface area contributed by atoms with Gasteiger partial charge in [-0.1, -0.05) is 35.3 Å². The van der Waals surface area contributed by atoms with E-state index in [0.717, 1.165) is 11.3 Å². The van der Waals surface area contributed by atoms with Crippen LogP contribution in [0, 0.1) is 0 Å². The van der Waals surface area contributed by atoms with Crippen molar-refractivity contribution in [2.24, 2.45) is 0 Å². The van der Waals surface area contributed by atoms with Gasteiger partial charge < -0.3 is 10.2 Å². The van der Waals surface area contributed by atoms with Crippen molar-refractivity contribution in [1.29, 1.82) is 0 Å². The maximum atomic E-state index is 12.1. The smallest absolute Gasteiger partial charge is 0.239 e. The van der Waals surface area contributed by atoms with Gasteiger partial charge in [-0.3, -0.25) is 14.6 Å². The third-order valence-corrected chi connectivity index (χ3v) is 4.23. The Balaban J connectivity index is 1.87. The minimum atomic E-state index is -0.233. The first kappa shape index (κ1) is 19.2. The zero-order chi connectivity index (χ0) is 18.2. The second-order valence-electron chi connectivity index (χ2n) is 5.52. The molecule has 0 saturated heterocycles. The Morgan fingerprint density at radius 1 is 1.20 bits per heavy atom. The molecule has 0 aliphatic carbocycles. The number of nitrogens with one attached hydrogen (secondary N) is 1. The molecule has 5 nitrogen and oxygen atoms in total. The third kappa shape index (κ3) is 6.36. The van der Waals surface area contributed by atoms with Crippen LogP contribution in [-0.4, -0.2) is 34.8 Å². The van der Waals surface area contributed by atoms with Crippen LogP contribution in [0.4, 0.5) is 0 Å². The van der Waals surface area contributed by atoms with Gasteiger partial charge in [-0.15, -0.1) is 0 Å². The molecule has 1 aromatic heterocycles. The molecule has 1 heterocycles. The van der Waals surface area contributed by atoms with Gasteiger partial charge in [0.05, 0.1) is 18.8 Å². The molecule has 0 atom stereocenters. The number of hydrogen-bond donors (Lipinski definition) is 1. The van der Waals surface area contributed by atoms with Gasteiger partial charge in [-0.25, -0.2) is 0 Å². The van der Waals surface area contributed by atoms with Crippen molar-refractivity contribution in [3.05, 3.63) is 63.9 Å². The zero-order valence-corrected chi connectivity index (χ0v) is 15.3. The van der Waals surface area contributed by atoms with Gasteiger partial charge in [0.1, 0.15) is 0 Å². The number of carbonyl (C=O) groups is 2. The number of rotatable bonds is 7. The standard InChI is InChI=1S/C18H19Cl2N3O2/c1-13(24)23(9-7-14-5-6-15(19)10-17(14)20)12-18(25)22-11-16-4-2-3-8-21-16/h2-6,8,10H,7,9,11-12H2,1H3,(H,22,25). The number of benzene rings is 1. The van der Waals surface area contributed by atoms with Gasteiger partial charge in [-0.2, -0.15) is 0 Å². The maximum absolute atomic E-state index is 12.1. The van der Waals surface area contributed by atoms with Crippen molar-refractivity contribution in [3.63, 3.8) is 0 Å². The minimum Gasteiger partial charge on any atom is -0.349 e. The molecule has 0 unspecified atom stereocenters. The number of hydrogen-bond acceptors (Lipinski definition) is 3. The normalized spacial score (nSPS) is 10.4. The van der Waals surface area contributed by atoms with Crippen LogP contribution in [0.5, 0.6) is 0 Å². The average molecular weight is 380 g/mol. The molecule has 2 amide bonds. The number of aromatic nitrogens is 1. The maximum Gasteiger partial charge on any atom is 0.239 e. The van der Waals surface area contributed by atoms with E-state index in [9.17, 15) is 9.59 Å². The quantitative estimate of drug-likeness (QED) is 0.803. The fourth-order valence-corrected chi connectivity index (χ4v) is 2.75. The summed E-state index contributed by atoms with van der Waals surface area (Å²) < 4.78 is 0. The SMILES string of the molecule is CC(=O)N(CCc1ccc(Cl)cc1Cl)CC(=O)NCc1ccccn1. The first-order valence-corrected chi connectivity index (χ1v) is 8.57. The molecule has 2 aromatic rings. The van der Waals surface area contributed by atoms with Gasteiger partial charge in [0.15, 0.2) is 0 Å². The van der Waals surface area contributed by atoms with Crippen molar-refractivity contribution < 1.29 is 9.59 Å². The van der Waals surface area contributed by atoms with E-state index in [4.69, 9.17) is 23.2 Å². The predicted octanol–water partition coefficient (Wildman–Crippen LogP) is 3.10. The Kier molecular flexibility index (Phi) is 7.22. The zero-order valence-electron chi connectivity index (χ0n) is 13.8. The summed E-state index contributed by atoms with van der Waals surface area (Å²) in [6.07, 6.45) is 2.21. The van der Waals surface area contributed by atoms with Gasteiger partial charge in [-0.05, 0) is 36.2 Å². The Labute approximate surface area is 157 Å². The molecule has 0 radical (unpaired) electrons. The molecule has 0 fully saturated rings. The van der Waals surface area contributed by atoms with E-state index in [-0.39, 0.29) is 18.4 Å². The average Bonchev–Trinajstić information content (AvgIpc) is 2.58. The van der Waals surface area contributed by atoms with Crippen molar-refractivity contribution >= 4 is 35.0 Å². The van der Waals surface area contributed by atoms with E-state index in [1.165, 1.54) is 11.8 Å². The second kappa shape index (κ2) is 9.39. The van der Waals surface area contributed by atoms with Crippen LogP contribution in [0.3, 0.4) is 0 Å². The van der Waals surface area contributed by atoms with Gasteiger partial charge >= 0.3 is 0 Å². The monoisotopic (exact) mass is 379 g/mol. The Morgan fingerprint density at radius 2 is 2.00 bits per heavy atom. The molecule has 132 valence electrons. The van der Waals surface area contributed by atoms with Crippen LogP contribution < -0.4 is 5.32 Å². The number of nitrogens with zero attached hydrogens (tertiary/aromatic N) is 2. The first-order valence-electron chi connectivity index (χ1n) is 7.82. The van der Waals surface area contributed by atoms with E-state index in [2.05, 4.69) is 10.3 Å². The van der Waals surface area contributed by atoms with E-state index in [0.29, 0.717) is 29.6 Å². The van der Waals surface area contributed by atoms with Crippen LogP contribution in [0.1, 0.15) is 18.2 Å². The van der Waals surface area contributed by atoms with Crippen LogP contribution in [-0.2, 0) is 22.6 Å². The lowest BCUT2D eigenvalue weighted by Gasteiger charge is -2.21. The van der Waals surface area contributed by atoms with Gasteiger partial charge in [0.25, 0.3) is 0 Å². The highest BCUT2D eigenvalue weighted by molar-refractivity contribution is 6.35. The lowest BCUT2D eigenvalue weighted by molar-refractivity contribution is -0.134. The fraction of sp³-hybridized carbons (Fsp3) is 0.278. The summed E-state index contributed by atoms with van der Waals surface area (Å²) in [5.74, 6) is -0.402. The number of carbonyl (C=O) groups excluding carboxylic acids is 2. The summed E-state index contributed by atoms with van der Waals surface area (Å²) >= 11 is 12.0. The summed E-state index contributed by atoms with van der Waals surface area (Å²) in [6.45, 7) is 2.16. The molecule has 0 aliphatic rings. The molecule has 1 aromatic carbocycles. The predicted molar refractivity (Wildman–Crippen MR) is 98.5 cm³/mol. The molecule has 0 bridgehead atoms. The van der Waals surface area contributed by atoms with Crippen LogP contribution in [0.15, 0.2) is 42.6 Å². The van der Waals surface area contributed by atoms with Crippen LogP contribution >= 0.6 is 23.2 Å². The Hall–Kier alpha value is -2.11. The Morgan fingerprint density at radius 3 is 2.64 bits per heavy atom. The van der Waals surface area contributed by atoms with Crippen molar-refractivity contribution in [3.8, 4) is 0 Å². The molecule has 1 N–H and O–H groups in total. The summed E-state index contributed by atoms with van der Waals surface area (Å²) in [5.41, 5.74) is 1.64. The highest BCUT2D eigenvalue weighted by atomic mass is 35.5.